The molecule has 0 amide bonds. The van der Waals surface area contributed by atoms with Gasteiger partial charge >= 0.3 is 5.97 Å². The van der Waals surface area contributed by atoms with E-state index in [2.05, 4.69) is 16.0 Å². The molecule has 138 valence electrons. The van der Waals surface area contributed by atoms with E-state index in [4.69, 9.17) is 4.74 Å². The Labute approximate surface area is 160 Å². The number of H-pyrrole nitrogens is 1. The molecule has 6 heteroatoms. The molecule has 2 heterocycles. The van der Waals surface area contributed by atoms with Crippen LogP contribution in [-0.2, 0) is 11.2 Å². The van der Waals surface area contributed by atoms with E-state index in [0.717, 1.165) is 28.9 Å². The smallest absolute Gasteiger partial charge is 0.337 e. The van der Waals surface area contributed by atoms with Crippen molar-refractivity contribution in [3.05, 3.63) is 93.7 Å². The third-order valence-electron chi connectivity index (χ3n) is 5.35. The Bertz CT molecular complexity index is 1270. The molecule has 1 atom stereocenters. The zero-order valence-corrected chi connectivity index (χ0v) is 15.2. The van der Waals surface area contributed by atoms with Crippen LogP contribution in [0.2, 0.25) is 0 Å². The van der Waals surface area contributed by atoms with E-state index in [1.807, 2.05) is 40.9 Å². The maximum absolute atomic E-state index is 12.4. The minimum Gasteiger partial charge on any atom is -0.465 e. The van der Waals surface area contributed by atoms with Gasteiger partial charge in [-0.1, -0.05) is 36.4 Å². The average molecular weight is 371 g/mol. The van der Waals surface area contributed by atoms with Crippen LogP contribution in [-0.4, -0.2) is 27.4 Å². The topological polar surface area (TPSA) is 76.5 Å². The van der Waals surface area contributed by atoms with Gasteiger partial charge in [-0.15, -0.1) is 0 Å². The van der Waals surface area contributed by atoms with E-state index in [1.54, 1.807) is 18.3 Å². The Hall–Kier alpha value is -3.67. The van der Waals surface area contributed by atoms with Crippen LogP contribution in [0.4, 0.5) is 0 Å². The molecule has 28 heavy (non-hydrogen) atoms. The minimum absolute atomic E-state index is 0.0729. The average Bonchev–Trinajstić information content (AvgIpc) is 3.33. The summed E-state index contributed by atoms with van der Waals surface area (Å²) in [5.74, 6) is -0.274. The quantitative estimate of drug-likeness (QED) is 0.561. The number of aromatic nitrogens is 3. The van der Waals surface area contributed by atoms with Crippen molar-refractivity contribution >= 4 is 11.6 Å². The van der Waals surface area contributed by atoms with E-state index < -0.39 is 0 Å². The Morgan fingerprint density at radius 1 is 1.18 bits per heavy atom. The highest BCUT2D eigenvalue weighted by molar-refractivity contribution is 5.89. The van der Waals surface area contributed by atoms with Crippen LogP contribution in [0, 0.1) is 0 Å². The number of carbonyl (C=O) groups is 1. The first-order valence-electron chi connectivity index (χ1n) is 9.03. The van der Waals surface area contributed by atoms with Gasteiger partial charge in [0, 0.05) is 23.9 Å². The number of fused-ring (bicyclic) bond motifs is 5. The number of imidazole rings is 1. The van der Waals surface area contributed by atoms with Gasteiger partial charge in [-0.3, -0.25) is 9.20 Å². The van der Waals surface area contributed by atoms with Crippen LogP contribution >= 0.6 is 0 Å². The molecule has 2 aromatic carbocycles. The SMILES string of the molecule is COC(=O)c1ccc(CC2c3ccccc3-c3[nH]c(=O)c4nccn4c32)cc1. The van der Waals surface area contributed by atoms with Crippen LogP contribution in [0.25, 0.3) is 16.9 Å². The van der Waals surface area contributed by atoms with Gasteiger partial charge in [0.25, 0.3) is 5.56 Å². The van der Waals surface area contributed by atoms with E-state index in [9.17, 15) is 9.59 Å². The van der Waals surface area contributed by atoms with Crippen molar-refractivity contribution in [3.63, 3.8) is 0 Å². The van der Waals surface area contributed by atoms with Gasteiger partial charge in [-0.05, 0) is 29.7 Å². The maximum Gasteiger partial charge on any atom is 0.337 e. The lowest BCUT2D eigenvalue weighted by molar-refractivity contribution is 0.0600. The van der Waals surface area contributed by atoms with Gasteiger partial charge < -0.3 is 9.72 Å². The lowest BCUT2D eigenvalue weighted by Crippen LogP contribution is -2.15. The second kappa shape index (κ2) is 6.20. The van der Waals surface area contributed by atoms with Crippen molar-refractivity contribution in [3.8, 4) is 11.3 Å². The summed E-state index contributed by atoms with van der Waals surface area (Å²) in [4.78, 5) is 31.3. The summed E-state index contributed by atoms with van der Waals surface area (Å²) in [5.41, 5.74) is 5.93. The van der Waals surface area contributed by atoms with E-state index in [1.165, 1.54) is 12.7 Å². The fourth-order valence-electron chi connectivity index (χ4n) is 4.08. The van der Waals surface area contributed by atoms with Crippen molar-refractivity contribution < 1.29 is 9.53 Å². The van der Waals surface area contributed by atoms with E-state index >= 15 is 0 Å². The number of benzene rings is 2. The number of methoxy groups -OCH3 is 1. The minimum atomic E-state index is -0.346. The zero-order chi connectivity index (χ0) is 19.3. The first kappa shape index (κ1) is 16.5. The summed E-state index contributed by atoms with van der Waals surface area (Å²) >= 11 is 0. The molecule has 0 spiro atoms. The van der Waals surface area contributed by atoms with Gasteiger partial charge in [0.1, 0.15) is 0 Å². The lowest BCUT2D eigenvalue weighted by atomic mass is 9.92. The number of carbonyl (C=O) groups excluding carboxylic acids is 1. The van der Waals surface area contributed by atoms with E-state index in [0.29, 0.717) is 11.2 Å². The molecule has 0 bridgehead atoms. The maximum atomic E-state index is 12.4. The monoisotopic (exact) mass is 371 g/mol. The molecule has 0 radical (unpaired) electrons. The highest BCUT2D eigenvalue weighted by Crippen LogP contribution is 2.44. The fourth-order valence-corrected chi connectivity index (χ4v) is 4.08. The Morgan fingerprint density at radius 3 is 2.75 bits per heavy atom. The molecule has 1 unspecified atom stereocenters. The van der Waals surface area contributed by atoms with Gasteiger partial charge in [0.05, 0.1) is 24.1 Å². The van der Waals surface area contributed by atoms with Crippen LogP contribution in [0.1, 0.15) is 33.1 Å². The number of hydrogen-bond donors (Lipinski definition) is 1. The summed E-state index contributed by atoms with van der Waals surface area (Å²) in [6.07, 6.45) is 4.23. The molecular formula is C22H17N3O3. The Morgan fingerprint density at radius 2 is 1.96 bits per heavy atom. The van der Waals surface area contributed by atoms with Crippen LogP contribution < -0.4 is 5.56 Å². The molecule has 6 nitrogen and oxygen atoms in total. The highest BCUT2D eigenvalue weighted by atomic mass is 16.5. The third kappa shape index (κ3) is 2.38. The summed E-state index contributed by atoms with van der Waals surface area (Å²) in [6, 6.07) is 15.6. The number of hydrogen-bond acceptors (Lipinski definition) is 4. The van der Waals surface area contributed by atoms with Crippen LogP contribution in [0.3, 0.4) is 0 Å². The molecule has 1 aliphatic rings. The standard InChI is InChI=1S/C22H17N3O3/c1-28-22(27)14-8-6-13(7-9-14)12-17-15-4-2-3-5-16(15)18-19(17)25-11-10-23-20(25)21(26)24-18/h2-11,17H,12H2,1H3,(H,24,26). The number of rotatable bonds is 3. The molecule has 0 fully saturated rings. The second-order valence-electron chi connectivity index (χ2n) is 6.87. The zero-order valence-electron chi connectivity index (χ0n) is 15.2. The number of esters is 1. The second-order valence-corrected chi connectivity index (χ2v) is 6.87. The normalized spacial score (nSPS) is 14.7. The number of aromatic amines is 1. The largest absolute Gasteiger partial charge is 0.465 e. The summed E-state index contributed by atoms with van der Waals surface area (Å²) in [7, 11) is 1.37. The van der Waals surface area contributed by atoms with Gasteiger partial charge in [-0.2, -0.15) is 0 Å². The third-order valence-corrected chi connectivity index (χ3v) is 5.35. The fraction of sp³-hybridized carbons (Fsp3) is 0.136. The van der Waals surface area contributed by atoms with Crippen LogP contribution in [0.5, 0.6) is 0 Å². The van der Waals surface area contributed by atoms with Gasteiger partial charge in [0.15, 0.2) is 0 Å². The molecule has 2 aromatic heterocycles. The van der Waals surface area contributed by atoms with Crippen molar-refractivity contribution in [1.29, 1.82) is 0 Å². The van der Waals surface area contributed by atoms with Crippen molar-refractivity contribution in [2.75, 3.05) is 7.11 Å². The van der Waals surface area contributed by atoms with Gasteiger partial charge in [-0.25, -0.2) is 9.78 Å². The summed E-state index contributed by atoms with van der Waals surface area (Å²) in [6.45, 7) is 0. The highest BCUT2D eigenvalue weighted by Gasteiger charge is 2.32. The van der Waals surface area contributed by atoms with Gasteiger partial charge in [0.2, 0.25) is 5.65 Å². The Kier molecular flexibility index (Phi) is 3.65. The molecule has 0 saturated heterocycles. The lowest BCUT2D eigenvalue weighted by Gasteiger charge is -2.15. The molecule has 0 saturated carbocycles. The first-order chi connectivity index (χ1) is 13.7. The van der Waals surface area contributed by atoms with Crippen LogP contribution in [0.15, 0.2) is 65.7 Å². The number of nitrogens with zero attached hydrogens (tertiary/aromatic N) is 2. The van der Waals surface area contributed by atoms with Crippen molar-refractivity contribution in [2.45, 2.75) is 12.3 Å². The molecule has 5 rings (SSSR count). The molecular weight excluding hydrogens is 354 g/mol. The predicted molar refractivity (Wildman–Crippen MR) is 105 cm³/mol. The molecule has 4 aromatic rings. The Balaban J connectivity index is 1.63. The first-order valence-corrected chi connectivity index (χ1v) is 9.03. The molecule has 1 N–H and O–H groups in total. The summed E-state index contributed by atoms with van der Waals surface area (Å²) in [5, 5.41) is 0. The number of ether oxygens (including phenoxy) is 1. The van der Waals surface area contributed by atoms with Crippen molar-refractivity contribution in [1.82, 2.24) is 14.4 Å². The van der Waals surface area contributed by atoms with Crippen molar-refractivity contribution in [2.24, 2.45) is 0 Å². The number of nitrogens with one attached hydrogen (secondary N) is 1. The predicted octanol–water partition coefficient (Wildman–Crippen LogP) is 3.16. The van der Waals surface area contributed by atoms with E-state index in [-0.39, 0.29) is 17.4 Å². The summed E-state index contributed by atoms with van der Waals surface area (Å²) < 4.78 is 6.66. The molecule has 0 aliphatic heterocycles. The molecule has 1 aliphatic carbocycles.